The second kappa shape index (κ2) is 6.29. The largest absolute Gasteiger partial charge is 0.301 e. The highest BCUT2D eigenvalue weighted by molar-refractivity contribution is 6.02. The Morgan fingerprint density at radius 1 is 0.850 bits per heavy atom. The predicted molar refractivity (Wildman–Crippen MR) is 81.5 cm³/mol. The van der Waals surface area contributed by atoms with Gasteiger partial charge in [-0.25, -0.2) is 0 Å². The number of carbonyl (C=O) groups is 1. The van der Waals surface area contributed by atoms with Crippen molar-refractivity contribution in [1.29, 1.82) is 0 Å². The van der Waals surface area contributed by atoms with Gasteiger partial charge in [0.25, 0.3) is 0 Å². The van der Waals surface area contributed by atoms with E-state index in [-0.39, 0.29) is 17.5 Å². The van der Waals surface area contributed by atoms with E-state index in [1.807, 2.05) is 60.7 Å². The predicted octanol–water partition coefficient (Wildman–Crippen LogP) is 3.59. The topological polar surface area (TPSA) is 38.5 Å². The minimum atomic E-state index is -0.514. The number of hydrogen-bond acceptors (Lipinski definition) is 1. The lowest BCUT2D eigenvalue weighted by molar-refractivity contribution is -0.119. The molecule has 1 N–H and O–H groups in total. The third kappa shape index (κ3) is 3.02. The molecule has 102 valence electrons. The van der Waals surface area contributed by atoms with E-state index >= 15 is 0 Å². The van der Waals surface area contributed by atoms with Crippen molar-refractivity contribution in [3.63, 3.8) is 0 Å². The van der Waals surface area contributed by atoms with Crippen molar-refractivity contribution in [2.24, 2.45) is 5.92 Å². The molecule has 0 bridgehead atoms. The maximum absolute atomic E-state index is 12.0. The normalized spacial score (nSPS) is 12.2. The van der Waals surface area contributed by atoms with E-state index < -0.39 is 5.92 Å². The number of ketones is 2. The van der Waals surface area contributed by atoms with Crippen LogP contribution in [0.15, 0.2) is 60.7 Å². The maximum atomic E-state index is 12.0. The van der Waals surface area contributed by atoms with Crippen LogP contribution in [0.2, 0.25) is 0 Å². The summed E-state index contributed by atoms with van der Waals surface area (Å²) >= 11 is 0. The molecular formula is C18H19O2+. The van der Waals surface area contributed by atoms with E-state index in [0.717, 1.165) is 11.1 Å². The number of hydrogen-bond donors (Lipinski definition) is 0. The average Bonchev–Trinajstić information content (AvgIpc) is 2.45. The van der Waals surface area contributed by atoms with Crippen LogP contribution in [0, 0.1) is 5.92 Å². The third-order valence-electron chi connectivity index (χ3n) is 3.54. The van der Waals surface area contributed by atoms with Gasteiger partial charge >= 0.3 is 5.78 Å². The second-order valence-electron chi connectivity index (χ2n) is 5.03. The average molecular weight is 267 g/mol. The Kier molecular flexibility index (Phi) is 4.46. The molecule has 0 aliphatic carbocycles. The fourth-order valence-corrected chi connectivity index (χ4v) is 2.67. The highest BCUT2D eigenvalue weighted by atomic mass is 16.1. The summed E-state index contributed by atoms with van der Waals surface area (Å²) in [5.74, 6) is -0.530. The van der Waals surface area contributed by atoms with Gasteiger partial charge < -0.3 is 0 Å². The molecule has 0 aromatic heterocycles. The van der Waals surface area contributed by atoms with Crippen LogP contribution in [0.4, 0.5) is 0 Å². The standard InChI is InChI=1S/C18H18O2/c1-13(19)17(14(2)20)18(15-9-5-3-6-10-15)16-11-7-4-8-12-16/h3-12,17-18H,1-2H3/p+1. The third-order valence-corrected chi connectivity index (χ3v) is 3.54. The fraction of sp³-hybridized carbons (Fsp3) is 0.222. The Bertz CT molecular complexity index is 534. The van der Waals surface area contributed by atoms with Crippen LogP contribution < -0.4 is 0 Å². The molecule has 2 heteroatoms. The van der Waals surface area contributed by atoms with Crippen molar-refractivity contribution in [3.8, 4) is 0 Å². The van der Waals surface area contributed by atoms with Crippen molar-refractivity contribution in [3.05, 3.63) is 71.8 Å². The molecule has 0 heterocycles. The fourth-order valence-electron chi connectivity index (χ4n) is 2.67. The summed E-state index contributed by atoms with van der Waals surface area (Å²) in [5.41, 5.74) is 2.07. The minimum Gasteiger partial charge on any atom is -0.299 e. The molecule has 0 spiro atoms. The summed E-state index contributed by atoms with van der Waals surface area (Å²) in [4.78, 5) is 22.0. The van der Waals surface area contributed by atoms with Gasteiger partial charge in [0.1, 0.15) is 11.7 Å². The number of benzene rings is 2. The summed E-state index contributed by atoms with van der Waals surface area (Å²) in [5, 5.41) is 0. The first-order valence-electron chi connectivity index (χ1n) is 6.74. The van der Waals surface area contributed by atoms with Gasteiger partial charge in [0.2, 0.25) is 0 Å². The quantitative estimate of drug-likeness (QED) is 0.602. The molecule has 0 radical (unpaired) electrons. The lowest BCUT2D eigenvalue weighted by atomic mass is 9.77. The molecule has 2 aromatic rings. The van der Waals surface area contributed by atoms with Gasteiger partial charge in [-0.2, -0.15) is 0 Å². The van der Waals surface area contributed by atoms with Crippen molar-refractivity contribution in [2.75, 3.05) is 0 Å². The van der Waals surface area contributed by atoms with Crippen LogP contribution in [-0.4, -0.2) is 16.4 Å². The molecular weight excluding hydrogens is 248 g/mol. The second-order valence-corrected chi connectivity index (χ2v) is 5.03. The van der Waals surface area contributed by atoms with Crippen LogP contribution >= 0.6 is 0 Å². The van der Waals surface area contributed by atoms with Crippen LogP contribution in [0.3, 0.4) is 0 Å². The maximum Gasteiger partial charge on any atom is 0.301 e. The summed E-state index contributed by atoms with van der Waals surface area (Å²) in [6.07, 6.45) is 0. The minimum absolute atomic E-state index is 0.0253. The highest BCUT2D eigenvalue weighted by Crippen LogP contribution is 2.33. The van der Waals surface area contributed by atoms with Gasteiger partial charge in [-0.1, -0.05) is 60.7 Å². The molecule has 1 atom stereocenters. The van der Waals surface area contributed by atoms with Crippen LogP contribution in [0.5, 0.6) is 0 Å². The molecule has 0 aliphatic rings. The monoisotopic (exact) mass is 267 g/mol. The Morgan fingerprint density at radius 3 is 1.55 bits per heavy atom. The number of Topliss-reactive ketones (excluding diaryl/α,β-unsaturated/α-hetero) is 1. The molecule has 2 aromatic carbocycles. The van der Waals surface area contributed by atoms with Gasteiger partial charge in [0, 0.05) is 12.8 Å². The summed E-state index contributed by atoms with van der Waals surface area (Å²) in [6, 6.07) is 19.7. The molecule has 0 fully saturated rings. The van der Waals surface area contributed by atoms with Gasteiger partial charge in [-0.3, -0.25) is 9.59 Å². The van der Waals surface area contributed by atoms with E-state index in [0.29, 0.717) is 0 Å². The zero-order valence-electron chi connectivity index (χ0n) is 11.8. The molecule has 0 saturated heterocycles. The number of rotatable bonds is 5. The van der Waals surface area contributed by atoms with Crippen LogP contribution in [0.25, 0.3) is 0 Å². The Balaban J connectivity index is 2.55. The summed E-state index contributed by atoms with van der Waals surface area (Å²) in [6.45, 7) is 3.13. The van der Waals surface area contributed by atoms with E-state index in [1.165, 1.54) is 6.92 Å². The molecule has 20 heavy (non-hydrogen) atoms. The summed E-state index contributed by atoms with van der Waals surface area (Å²) < 4.78 is 0. The highest BCUT2D eigenvalue weighted by Gasteiger charge is 2.35. The lowest BCUT2D eigenvalue weighted by Crippen LogP contribution is -2.28. The van der Waals surface area contributed by atoms with Crippen molar-refractivity contribution in [2.45, 2.75) is 19.8 Å². The zero-order valence-corrected chi connectivity index (χ0v) is 11.8. The van der Waals surface area contributed by atoms with Crippen molar-refractivity contribution >= 4 is 11.6 Å². The molecule has 2 nitrogen and oxygen atoms in total. The first-order valence-corrected chi connectivity index (χ1v) is 6.74. The van der Waals surface area contributed by atoms with Crippen molar-refractivity contribution in [1.82, 2.24) is 0 Å². The van der Waals surface area contributed by atoms with E-state index in [4.69, 9.17) is 0 Å². The molecule has 0 saturated carbocycles. The molecule has 2 rings (SSSR count). The van der Waals surface area contributed by atoms with Crippen LogP contribution in [0.1, 0.15) is 30.9 Å². The van der Waals surface area contributed by atoms with E-state index in [1.54, 1.807) is 6.92 Å². The van der Waals surface area contributed by atoms with Gasteiger partial charge in [0.05, 0.1) is 0 Å². The first kappa shape index (κ1) is 14.2. The Labute approximate surface area is 119 Å². The van der Waals surface area contributed by atoms with Crippen LogP contribution in [-0.2, 0) is 4.79 Å². The van der Waals surface area contributed by atoms with Gasteiger partial charge in [-0.05, 0) is 18.1 Å². The smallest absolute Gasteiger partial charge is 0.299 e. The lowest BCUT2D eigenvalue weighted by Gasteiger charge is -2.22. The van der Waals surface area contributed by atoms with E-state index in [9.17, 15) is 9.59 Å². The summed E-state index contributed by atoms with van der Waals surface area (Å²) in [7, 11) is 0. The number of carbonyl (C=O) groups excluding carboxylic acids is 2. The van der Waals surface area contributed by atoms with Crippen molar-refractivity contribution < 1.29 is 9.59 Å². The molecule has 0 amide bonds. The van der Waals surface area contributed by atoms with E-state index in [2.05, 4.69) is 0 Å². The molecule has 0 aliphatic heterocycles. The molecule has 1 unspecified atom stereocenters. The Hall–Kier alpha value is -2.22. The first-order chi connectivity index (χ1) is 9.61. The zero-order chi connectivity index (χ0) is 14.5. The SMILES string of the molecule is CC(=O)C(C(C)=[OH+])C(c1ccccc1)c1ccccc1. The Morgan fingerprint density at radius 2 is 1.25 bits per heavy atom. The van der Waals surface area contributed by atoms with Gasteiger partial charge in [-0.15, -0.1) is 0 Å². The van der Waals surface area contributed by atoms with Gasteiger partial charge in [0.15, 0.2) is 0 Å².